The predicted octanol–water partition coefficient (Wildman–Crippen LogP) is 4.00. The topological polar surface area (TPSA) is 44.8 Å². The van der Waals surface area contributed by atoms with Gasteiger partial charge in [-0.25, -0.2) is 0 Å². The van der Waals surface area contributed by atoms with Gasteiger partial charge in [-0.3, -0.25) is 0 Å². The van der Waals surface area contributed by atoms with Crippen LogP contribution in [-0.4, -0.2) is 39.2 Å². The lowest BCUT2D eigenvalue weighted by Gasteiger charge is -2.48. The molecule has 0 aromatic heterocycles. The molecule has 130 valence electrons. The van der Waals surface area contributed by atoms with Crippen molar-refractivity contribution in [2.45, 2.75) is 78.0 Å². The van der Waals surface area contributed by atoms with Crippen molar-refractivity contribution in [1.82, 2.24) is 0 Å². The number of aldehydes is 1. The van der Waals surface area contributed by atoms with Crippen molar-refractivity contribution >= 4 is 14.6 Å². The van der Waals surface area contributed by atoms with E-state index in [1.807, 2.05) is 20.8 Å². The fourth-order valence-electron chi connectivity index (χ4n) is 2.57. The average molecular weight is 331 g/mol. The van der Waals surface area contributed by atoms with Gasteiger partial charge in [-0.2, -0.15) is 0 Å². The van der Waals surface area contributed by atoms with Gasteiger partial charge in [-0.1, -0.05) is 34.6 Å². The molecule has 5 heteroatoms. The second kappa shape index (κ2) is 6.34. The second-order valence-electron chi connectivity index (χ2n) is 8.46. The highest BCUT2D eigenvalue weighted by Crippen LogP contribution is 2.45. The monoisotopic (exact) mass is 330 g/mol. The first-order valence-corrected chi connectivity index (χ1v) is 11.1. The van der Waals surface area contributed by atoms with E-state index in [0.29, 0.717) is 19.1 Å². The number of ether oxygens (including phenoxy) is 2. The summed E-state index contributed by atoms with van der Waals surface area (Å²) in [7, 11) is -2.00. The zero-order chi connectivity index (χ0) is 17.4. The molecule has 0 unspecified atom stereocenters. The molecule has 1 rings (SSSR count). The molecule has 2 atom stereocenters. The molecule has 0 N–H and O–H groups in total. The Hall–Kier alpha value is -0.233. The standard InChI is InChI=1S/C17H34O4Si/c1-13(2)15(4,5)22(8,9)20-12-17(11-18)14(3)10-19-16(6,7)21-17/h11,13-14H,10,12H2,1-9H3/t14-,17-/m0/s1. The Morgan fingerprint density at radius 2 is 1.91 bits per heavy atom. The normalized spacial score (nSPS) is 29.6. The van der Waals surface area contributed by atoms with Gasteiger partial charge >= 0.3 is 0 Å². The molecule has 1 aliphatic heterocycles. The quantitative estimate of drug-likeness (QED) is 0.545. The summed E-state index contributed by atoms with van der Waals surface area (Å²) in [5, 5.41) is 0.112. The minimum atomic E-state index is -2.00. The molecule has 0 aromatic carbocycles. The molecular weight excluding hydrogens is 296 g/mol. The summed E-state index contributed by atoms with van der Waals surface area (Å²) in [5.74, 6) is -0.258. The second-order valence-corrected chi connectivity index (χ2v) is 13.1. The van der Waals surface area contributed by atoms with Gasteiger partial charge in [0.1, 0.15) is 0 Å². The molecule has 4 nitrogen and oxygen atoms in total. The van der Waals surface area contributed by atoms with Crippen molar-refractivity contribution in [2.24, 2.45) is 11.8 Å². The lowest BCUT2D eigenvalue weighted by Crippen LogP contribution is -2.59. The third-order valence-corrected chi connectivity index (χ3v) is 10.4. The molecule has 0 saturated carbocycles. The van der Waals surface area contributed by atoms with E-state index in [-0.39, 0.29) is 11.0 Å². The summed E-state index contributed by atoms with van der Waals surface area (Å²) in [6.45, 7) is 19.9. The van der Waals surface area contributed by atoms with Gasteiger partial charge in [0.05, 0.1) is 13.2 Å². The van der Waals surface area contributed by atoms with Gasteiger partial charge < -0.3 is 18.7 Å². The molecule has 0 aromatic rings. The van der Waals surface area contributed by atoms with E-state index in [1.54, 1.807) is 0 Å². The highest BCUT2D eigenvalue weighted by Gasteiger charge is 2.50. The number of hydrogen-bond donors (Lipinski definition) is 0. The summed E-state index contributed by atoms with van der Waals surface area (Å²) < 4.78 is 18.0. The number of carbonyl (C=O) groups is 1. The average Bonchev–Trinajstić information content (AvgIpc) is 2.39. The van der Waals surface area contributed by atoms with E-state index >= 15 is 0 Å². The molecule has 1 saturated heterocycles. The zero-order valence-corrected chi connectivity index (χ0v) is 16.8. The van der Waals surface area contributed by atoms with Crippen molar-refractivity contribution in [3.05, 3.63) is 0 Å². The maximum atomic E-state index is 11.8. The lowest BCUT2D eigenvalue weighted by molar-refractivity contribution is -0.320. The van der Waals surface area contributed by atoms with Gasteiger partial charge in [0.25, 0.3) is 0 Å². The zero-order valence-electron chi connectivity index (χ0n) is 15.8. The van der Waals surface area contributed by atoms with Crippen LogP contribution in [0.15, 0.2) is 0 Å². The number of rotatable bonds is 6. The van der Waals surface area contributed by atoms with Gasteiger partial charge in [-0.05, 0) is 37.9 Å². The summed E-state index contributed by atoms with van der Waals surface area (Å²) >= 11 is 0. The first-order valence-electron chi connectivity index (χ1n) is 8.24. The van der Waals surface area contributed by atoms with Crippen molar-refractivity contribution in [2.75, 3.05) is 13.2 Å². The van der Waals surface area contributed by atoms with Crippen molar-refractivity contribution < 1.29 is 18.7 Å². The van der Waals surface area contributed by atoms with E-state index < -0.39 is 19.7 Å². The SMILES string of the molecule is CC(C)C(C)(C)[Si](C)(C)OC[C@]1(C=O)OC(C)(C)OC[C@@H]1C. The van der Waals surface area contributed by atoms with E-state index in [1.165, 1.54) is 0 Å². The van der Waals surface area contributed by atoms with E-state index in [0.717, 1.165) is 6.29 Å². The maximum absolute atomic E-state index is 11.8. The molecule has 0 amide bonds. The van der Waals surface area contributed by atoms with Crippen LogP contribution in [0, 0.1) is 11.8 Å². The summed E-state index contributed by atoms with van der Waals surface area (Å²) in [4.78, 5) is 11.8. The van der Waals surface area contributed by atoms with Crippen molar-refractivity contribution in [3.63, 3.8) is 0 Å². The molecule has 0 aliphatic carbocycles. The number of hydrogen-bond acceptors (Lipinski definition) is 4. The highest BCUT2D eigenvalue weighted by atomic mass is 28.4. The molecule has 1 fully saturated rings. The van der Waals surface area contributed by atoms with Gasteiger partial charge in [0, 0.05) is 5.92 Å². The number of carbonyl (C=O) groups excluding carboxylic acids is 1. The Labute approximate surface area is 137 Å². The Kier molecular flexibility index (Phi) is 5.71. The molecule has 0 radical (unpaired) electrons. The van der Waals surface area contributed by atoms with Crippen molar-refractivity contribution in [1.29, 1.82) is 0 Å². The van der Waals surface area contributed by atoms with Gasteiger partial charge in [0.15, 0.2) is 26.0 Å². The maximum Gasteiger partial charge on any atom is 0.192 e. The third-order valence-electron chi connectivity index (χ3n) is 5.80. The fourth-order valence-corrected chi connectivity index (χ4v) is 4.92. The van der Waals surface area contributed by atoms with E-state index in [4.69, 9.17) is 13.9 Å². The third kappa shape index (κ3) is 3.81. The Balaban J connectivity index is 2.93. The van der Waals surface area contributed by atoms with E-state index in [9.17, 15) is 4.79 Å². The molecule has 1 aliphatic rings. The van der Waals surface area contributed by atoms with E-state index in [2.05, 4.69) is 40.8 Å². The lowest BCUT2D eigenvalue weighted by atomic mass is 9.89. The Morgan fingerprint density at radius 1 is 1.36 bits per heavy atom. The van der Waals surface area contributed by atoms with Crippen LogP contribution >= 0.6 is 0 Å². The van der Waals surface area contributed by atoms with Crippen LogP contribution in [0.1, 0.15) is 48.5 Å². The predicted molar refractivity (Wildman–Crippen MR) is 91.4 cm³/mol. The molecule has 0 spiro atoms. The van der Waals surface area contributed by atoms with Gasteiger partial charge in [0.2, 0.25) is 0 Å². The van der Waals surface area contributed by atoms with Crippen LogP contribution in [0.5, 0.6) is 0 Å². The minimum Gasteiger partial charge on any atom is -0.413 e. The molecule has 0 bridgehead atoms. The van der Waals surface area contributed by atoms with Crippen LogP contribution in [0.25, 0.3) is 0 Å². The summed E-state index contributed by atoms with van der Waals surface area (Å²) in [5.41, 5.74) is -0.918. The Bertz CT molecular complexity index is 403. The van der Waals surface area contributed by atoms with Crippen molar-refractivity contribution in [3.8, 4) is 0 Å². The first-order chi connectivity index (χ1) is 9.80. The Morgan fingerprint density at radius 3 is 2.36 bits per heavy atom. The fraction of sp³-hybridized carbons (Fsp3) is 0.941. The smallest absolute Gasteiger partial charge is 0.192 e. The van der Waals surface area contributed by atoms with Gasteiger partial charge in [-0.15, -0.1) is 0 Å². The minimum absolute atomic E-state index is 0.0232. The summed E-state index contributed by atoms with van der Waals surface area (Å²) in [6, 6.07) is 0. The highest BCUT2D eigenvalue weighted by molar-refractivity contribution is 6.74. The van der Waals surface area contributed by atoms with Crippen LogP contribution in [0.4, 0.5) is 0 Å². The molecular formula is C17H34O4Si. The first kappa shape index (κ1) is 19.8. The van der Waals surface area contributed by atoms with Crippen LogP contribution in [0.3, 0.4) is 0 Å². The molecule has 1 heterocycles. The largest absolute Gasteiger partial charge is 0.413 e. The van der Waals surface area contributed by atoms with Crippen LogP contribution in [-0.2, 0) is 18.7 Å². The van der Waals surface area contributed by atoms with Crippen LogP contribution in [0.2, 0.25) is 18.1 Å². The van der Waals surface area contributed by atoms with Crippen LogP contribution < -0.4 is 0 Å². The molecule has 22 heavy (non-hydrogen) atoms. The summed E-state index contributed by atoms with van der Waals surface area (Å²) in [6.07, 6.45) is 0.911.